The van der Waals surface area contributed by atoms with Gasteiger partial charge in [0.05, 0.1) is 36.5 Å². The number of benzene rings is 1. The van der Waals surface area contributed by atoms with Crippen molar-refractivity contribution >= 4 is 11.8 Å². The summed E-state index contributed by atoms with van der Waals surface area (Å²) in [5.74, 6) is 0.204. The summed E-state index contributed by atoms with van der Waals surface area (Å²) >= 11 is 0. The Labute approximate surface area is 166 Å². The van der Waals surface area contributed by atoms with Gasteiger partial charge in [0, 0.05) is 14.1 Å². The molecule has 0 saturated carbocycles. The number of esters is 1. The zero-order valence-corrected chi connectivity index (χ0v) is 16.6. The van der Waals surface area contributed by atoms with Crippen LogP contribution in [0.25, 0.3) is 0 Å². The maximum absolute atomic E-state index is 13.1. The van der Waals surface area contributed by atoms with E-state index in [1.165, 1.54) is 18.7 Å². The van der Waals surface area contributed by atoms with Crippen LogP contribution in [-0.2, 0) is 23.6 Å². The Hall–Kier alpha value is -3.49. The molecule has 0 spiro atoms. The summed E-state index contributed by atoms with van der Waals surface area (Å²) in [6.45, 7) is 2.39. The number of cyclic esters (lactones) is 1. The van der Waals surface area contributed by atoms with Crippen LogP contribution in [0, 0.1) is 0 Å². The molecule has 1 atom stereocenters. The standard InChI is InChI=1S/C20H21N3O6/c1-5-28-12-7-6-10(8-13(12)27-4)14-15-11(9-29-19(15)25)21-17-16(14)18(24)23(3)20(26)22(17)2/h6-8,14,21H,5,9H2,1-4H3/t14-/m1/s1. The first-order chi connectivity index (χ1) is 13.9. The quantitative estimate of drug-likeness (QED) is 0.761. The Morgan fingerprint density at radius 3 is 2.62 bits per heavy atom. The summed E-state index contributed by atoms with van der Waals surface area (Å²) < 4.78 is 18.6. The molecule has 0 amide bonds. The van der Waals surface area contributed by atoms with E-state index in [0.717, 1.165) is 4.57 Å². The first-order valence-electron chi connectivity index (χ1n) is 9.16. The highest BCUT2D eigenvalue weighted by Crippen LogP contribution is 2.44. The highest BCUT2D eigenvalue weighted by molar-refractivity contribution is 5.96. The van der Waals surface area contributed by atoms with Crippen LogP contribution in [0.15, 0.2) is 39.1 Å². The maximum atomic E-state index is 13.1. The van der Waals surface area contributed by atoms with Crippen molar-refractivity contribution in [2.24, 2.45) is 14.1 Å². The van der Waals surface area contributed by atoms with E-state index in [1.54, 1.807) is 25.2 Å². The molecule has 0 saturated heterocycles. The number of carbonyl (C=O) groups is 1. The van der Waals surface area contributed by atoms with Crippen LogP contribution in [0.5, 0.6) is 11.5 Å². The summed E-state index contributed by atoms with van der Waals surface area (Å²) in [5.41, 5.74) is 0.940. The third-order valence-corrected chi connectivity index (χ3v) is 5.26. The first-order valence-corrected chi connectivity index (χ1v) is 9.16. The van der Waals surface area contributed by atoms with Gasteiger partial charge in [-0.3, -0.25) is 13.9 Å². The van der Waals surface area contributed by atoms with Crippen molar-refractivity contribution in [2.75, 3.05) is 25.6 Å². The predicted molar refractivity (Wildman–Crippen MR) is 105 cm³/mol. The Morgan fingerprint density at radius 1 is 1.17 bits per heavy atom. The first kappa shape index (κ1) is 18.9. The minimum Gasteiger partial charge on any atom is -0.493 e. The van der Waals surface area contributed by atoms with E-state index >= 15 is 0 Å². The van der Waals surface area contributed by atoms with E-state index in [-0.39, 0.29) is 6.61 Å². The van der Waals surface area contributed by atoms with Crippen molar-refractivity contribution in [3.05, 3.63) is 61.4 Å². The molecule has 2 aliphatic rings. The molecular weight excluding hydrogens is 378 g/mol. The van der Waals surface area contributed by atoms with Gasteiger partial charge in [0.2, 0.25) is 0 Å². The molecule has 4 rings (SSSR count). The fourth-order valence-corrected chi connectivity index (χ4v) is 3.85. The van der Waals surface area contributed by atoms with Gasteiger partial charge in [0.1, 0.15) is 12.4 Å². The monoisotopic (exact) mass is 399 g/mol. The summed E-state index contributed by atoms with van der Waals surface area (Å²) in [6.07, 6.45) is 0. The number of hydrogen-bond acceptors (Lipinski definition) is 7. The smallest absolute Gasteiger partial charge is 0.337 e. The van der Waals surface area contributed by atoms with E-state index in [2.05, 4.69) is 5.32 Å². The Kier molecular flexibility index (Phi) is 4.45. The van der Waals surface area contributed by atoms with Crippen molar-refractivity contribution in [2.45, 2.75) is 12.8 Å². The fraction of sp³-hybridized carbons (Fsp3) is 0.350. The third-order valence-electron chi connectivity index (χ3n) is 5.26. The zero-order valence-electron chi connectivity index (χ0n) is 16.6. The SMILES string of the molecule is CCOc1ccc([C@@H]2C3=C(COC3=O)Nc3c2c(=O)n(C)c(=O)n3C)cc1OC. The lowest BCUT2D eigenvalue weighted by Crippen LogP contribution is -2.43. The molecule has 2 aromatic rings. The Balaban J connectivity index is 2.01. The van der Waals surface area contributed by atoms with E-state index in [4.69, 9.17) is 14.2 Å². The molecule has 0 fully saturated rings. The average molecular weight is 399 g/mol. The van der Waals surface area contributed by atoms with Crippen molar-refractivity contribution in [1.29, 1.82) is 0 Å². The second-order valence-electron chi connectivity index (χ2n) is 6.84. The van der Waals surface area contributed by atoms with Crippen LogP contribution >= 0.6 is 0 Å². The molecule has 0 aliphatic carbocycles. The third kappa shape index (κ3) is 2.72. The van der Waals surface area contributed by atoms with Crippen LogP contribution in [0.1, 0.15) is 24.0 Å². The summed E-state index contributed by atoms with van der Waals surface area (Å²) in [6, 6.07) is 5.27. The minimum atomic E-state index is -0.702. The highest BCUT2D eigenvalue weighted by Gasteiger charge is 2.41. The van der Waals surface area contributed by atoms with E-state index in [0.29, 0.717) is 46.3 Å². The largest absolute Gasteiger partial charge is 0.493 e. The highest BCUT2D eigenvalue weighted by atomic mass is 16.5. The molecule has 0 unspecified atom stereocenters. The number of nitrogens with zero attached hydrogens (tertiary/aromatic N) is 2. The van der Waals surface area contributed by atoms with Gasteiger partial charge in [0.15, 0.2) is 11.5 Å². The number of methoxy groups -OCH3 is 1. The fourth-order valence-electron chi connectivity index (χ4n) is 3.85. The number of ether oxygens (including phenoxy) is 3. The molecule has 2 aliphatic heterocycles. The predicted octanol–water partition coefficient (Wildman–Crippen LogP) is 0.860. The van der Waals surface area contributed by atoms with Crippen molar-refractivity contribution in [3.63, 3.8) is 0 Å². The van der Waals surface area contributed by atoms with Crippen molar-refractivity contribution < 1.29 is 19.0 Å². The number of rotatable bonds is 4. The number of nitrogens with one attached hydrogen (secondary N) is 1. The van der Waals surface area contributed by atoms with E-state index < -0.39 is 23.1 Å². The topological polar surface area (TPSA) is 101 Å². The van der Waals surface area contributed by atoms with Crippen molar-refractivity contribution in [3.8, 4) is 11.5 Å². The zero-order chi connectivity index (χ0) is 20.9. The van der Waals surface area contributed by atoms with Gasteiger partial charge in [-0.1, -0.05) is 6.07 Å². The number of anilines is 1. The molecule has 1 aromatic heterocycles. The molecule has 1 N–H and O–H groups in total. The Bertz CT molecular complexity index is 1170. The summed E-state index contributed by atoms with van der Waals surface area (Å²) in [5, 5.41) is 3.05. The van der Waals surface area contributed by atoms with Crippen molar-refractivity contribution in [1.82, 2.24) is 9.13 Å². The molecule has 0 radical (unpaired) electrons. The van der Waals surface area contributed by atoms with Crippen LogP contribution in [0.3, 0.4) is 0 Å². The van der Waals surface area contributed by atoms with E-state index in [9.17, 15) is 14.4 Å². The van der Waals surface area contributed by atoms with Gasteiger partial charge in [-0.2, -0.15) is 0 Å². The lowest BCUT2D eigenvalue weighted by molar-refractivity contribution is -0.136. The van der Waals surface area contributed by atoms with Gasteiger partial charge in [-0.05, 0) is 24.6 Å². The normalized spacial score (nSPS) is 17.4. The van der Waals surface area contributed by atoms with Gasteiger partial charge in [-0.15, -0.1) is 0 Å². The Morgan fingerprint density at radius 2 is 1.93 bits per heavy atom. The van der Waals surface area contributed by atoms with Crippen LogP contribution in [0.2, 0.25) is 0 Å². The average Bonchev–Trinajstić information content (AvgIpc) is 3.10. The van der Waals surface area contributed by atoms with Gasteiger partial charge < -0.3 is 19.5 Å². The molecule has 9 heteroatoms. The van der Waals surface area contributed by atoms with Gasteiger partial charge >= 0.3 is 11.7 Å². The maximum Gasteiger partial charge on any atom is 0.337 e. The summed E-state index contributed by atoms with van der Waals surface area (Å²) in [7, 11) is 4.51. The van der Waals surface area contributed by atoms with Gasteiger partial charge in [0.25, 0.3) is 5.56 Å². The molecule has 29 heavy (non-hydrogen) atoms. The molecule has 152 valence electrons. The minimum absolute atomic E-state index is 0.0572. The molecule has 1 aromatic carbocycles. The van der Waals surface area contributed by atoms with Gasteiger partial charge in [-0.25, -0.2) is 9.59 Å². The number of fused-ring (bicyclic) bond motifs is 1. The number of carbonyl (C=O) groups excluding carboxylic acids is 1. The lowest BCUT2D eigenvalue weighted by Gasteiger charge is -2.28. The molecule has 3 heterocycles. The lowest BCUT2D eigenvalue weighted by atomic mass is 9.82. The molecule has 9 nitrogen and oxygen atoms in total. The van der Waals surface area contributed by atoms with E-state index in [1.807, 2.05) is 6.92 Å². The molecular formula is C20H21N3O6. The van der Waals surface area contributed by atoms with Crippen LogP contribution in [0.4, 0.5) is 5.82 Å². The second kappa shape index (κ2) is 6.84. The number of aromatic nitrogens is 2. The van der Waals surface area contributed by atoms with Crippen LogP contribution in [-0.4, -0.2) is 35.4 Å². The second-order valence-corrected chi connectivity index (χ2v) is 6.84. The number of hydrogen-bond donors (Lipinski definition) is 1. The molecule has 0 bridgehead atoms. The summed E-state index contributed by atoms with van der Waals surface area (Å²) in [4.78, 5) is 38.0. The van der Waals surface area contributed by atoms with Crippen LogP contribution < -0.4 is 26.0 Å².